The molecule has 2 aromatic heterocycles. The fourth-order valence-electron chi connectivity index (χ4n) is 4.42. The molecule has 9 heteroatoms. The SMILES string of the molecule is O=C(NCc1ccc(S(=O)N2CCN(C3CCOCC3)CC2)cc1)c1cc2ccncc2o1. The van der Waals surface area contributed by atoms with Crippen LogP contribution in [0.4, 0.5) is 0 Å². The number of fused-ring (bicyclic) bond motifs is 1. The smallest absolute Gasteiger partial charge is 0.287 e. The first-order valence-electron chi connectivity index (χ1n) is 11.4. The molecule has 8 nitrogen and oxygen atoms in total. The molecular formula is C24H28N4O4S. The van der Waals surface area contributed by atoms with Gasteiger partial charge in [-0.2, -0.15) is 0 Å². The van der Waals surface area contributed by atoms with Crippen molar-refractivity contribution in [1.82, 2.24) is 19.5 Å². The molecule has 1 amide bonds. The zero-order valence-electron chi connectivity index (χ0n) is 18.4. The Morgan fingerprint density at radius 1 is 1.09 bits per heavy atom. The van der Waals surface area contributed by atoms with Gasteiger partial charge >= 0.3 is 0 Å². The maximum absolute atomic E-state index is 13.0. The lowest BCUT2D eigenvalue weighted by atomic mass is 10.1. The summed E-state index contributed by atoms with van der Waals surface area (Å²) in [6.07, 6.45) is 5.44. The Balaban J connectivity index is 1.12. The van der Waals surface area contributed by atoms with Crippen molar-refractivity contribution in [3.05, 3.63) is 60.1 Å². The van der Waals surface area contributed by atoms with Gasteiger partial charge in [0.05, 0.1) is 11.1 Å². The van der Waals surface area contributed by atoms with Crippen molar-refractivity contribution >= 4 is 27.9 Å². The topological polar surface area (TPSA) is 87.9 Å². The Hall–Kier alpha value is -2.59. The van der Waals surface area contributed by atoms with Crippen LogP contribution >= 0.6 is 0 Å². The molecular weight excluding hydrogens is 440 g/mol. The number of nitrogens with zero attached hydrogens (tertiary/aromatic N) is 3. The Labute approximate surface area is 195 Å². The average Bonchev–Trinajstić information content (AvgIpc) is 3.32. The molecule has 1 N–H and O–H groups in total. The average molecular weight is 469 g/mol. The molecule has 0 spiro atoms. The van der Waals surface area contributed by atoms with Gasteiger partial charge in [0.2, 0.25) is 0 Å². The second kappa shape index (κ2) is 10.1. The Kier molecular flexibility index (Phi) is 6.82. The zero-order chi connectivity index (χ0) is 22.6. The fraction of sp³-hybridized carbons (Fsp3) is 0.417. The van der Waals surface area contributed by atoms with Crippen LogP contribution in [0.2, 0.25) is 0 Å². The number of ether oxygens (including phenoxy) is 1. The van der Waals surface area contributed by atoms with Gasteiger partial charge in [-0.15, -0.1) is 0 Å². The molecule has 0 aliphatic carbocycles. The number of pyridine rings is 1. The van der Waals surface area contributed by atoms with E-state index in [9.17, 15) is 9.00 Å². The minimum Gasteiger partial charge on any atom is -0.449 e. The molecule has 174 valence electrons. The van der Waals surface area contributed by atoms with E-state index < -0.39 is 11.0 Å². The molecule has 2 saturated heterocycles. The quantitative estimate of drug-likeness (QED) is 0.598. The summed E-state index contributed by atoms with van der Waals surface area (Å²) in [6.45, 7) is 5.55. The summed E-state index contributed by atoms with van der Waals surface area (Å²) >= 11 is 0. The van der Waals surface area contributed by atoms with E-state index in [4.69, 9.17) is 9.15 Å². The number of hydrogen-bond donors (Lipinski definition) is 1. The Morgan fingerprint density at radius 3 is 2.58 bits per heavy atom. The number of aromatic nitrogens is 1. The third-order valence-electron chi connectivity index (χ3n) is 6.34. The van der Waals surface area contributed by atoms with E-state index in [0.717, 1.165) is 68.1 Å². The third kappa shape index (κ3) is 5.16. The maximum atomic E-state index is 13.0. The molecule has 0 bridgehead atoms. The van der Waals surface area contributed by atoms with Crippen LogP contribution in [-0.2, 0) is 22.3 Å². The molecule has 2 aliphatic heterocycles. The summed E-state index contributed by atoms with van der Waals surface area (Å²) in [4.78, 5) is 19.7. The lowest BCUT2D eigenvalue weighted by Gasteiger charge is -2.40. The Bertz CT molecular complexity index is 1090. The van der Waals surface area contributed by atoms with E-state index >= 15 is 0 Å². The number of piperazine rings is 1. The lowest BCUT2D eigenvalue weighted by molar-refractivity contribution is 0.0234. The standard InChI is InChI=1S/C24H28N4O4S/c29-24(22-15-19-5-8-25-17-23(19)32-22)26-16-18-1-3-21(4-2-18)33(30)28-11-9-27(10-12-28)20-6-13-31-14-7-20/h1-5,8,15,17,20H,6-7,9-14,16H2,(H,26,29). The highest BCUT2D eigenvalue weighted by molar-refractivity contribution is 7.82. The van der Waals surface area contributed by atoms with Gasteiger partial charge in [-0.1, -0.05) is 12.1 Å². The molecule has 2 aliphatic rings. The molecule has 0 saturated carbocycles. The van der Waals surface area contributed by atoms with Crippen LogP contribution in [-0.4, -0.2) is 69.7 Å². The predicted octanol–water partition coefficient (Wildman–Crippen LogP) is 2.58. The van der Waals surface area contributed by atoms with Gasteiger partial charge in [0, 0.05) is 63.6 Å². The van der Waals surface area contributed by atoms with Crippen LogP contribution in [0.15, 0.2) is 58.1 Å². The first kappa shape index (κ1) is 22.2. The van der Waals surface area contributed by atoms with Gasteiger partial charge in [-0.05, 0) is 42.7 Å². The molecule has 4 heterocycles. The Morgan fingerprint density at radius 2 is 1.85 bits per heavy atom. The first-order chi connectivity index (χ1) is 16.2. The minimum absolute atomic E-state index is 0.260. The monoisotopic (exact) mass is 468 g/mol. The highest BCUT2D eigenvalue weighted by Gasteiger charge is 2.27. The summed E-state index contributed by atoms with van der Waals surface area (Å²) in [5, 5.41) is 3.71. The molecule has 1 aromatic carbocycles. The maximum Gasteiger partial charge on any atom is 0.287 e. The van der Waals surface area contributed by atoms with Gasteiger partial charge < -0.3 is 14.5 Å². The predicted molar refractivity (Wildman–Crippen MR) is 125 cm³/mol. The second-order valence-corrected chi connectivity index (χ2v) is 9.89. The highest BCUT2D eigenvalue weighted by atomic mass is 32.2. The third-order valence-corrected chi connectivity index (χ3v) is 7.85. The van der Waals surface area contributed by atoms with E-state index in [1.165, 1.54) is 0 Å². The number of amides is 1. The summed E-state index contributed by atoms with van der Waals surface area (Å²) in [7, 11) is -1.18. The molecule has 5 rings (SSSR count). The number of nitrogens with one attached hydrogen (secondary N) is 1. The van der Waals surface area contributed by atoms with Crippen molar-refractivity contribution in [3.8, 4) is 0 Å². The number of carbonyl (C=O) groups excluding carboxylic acids is 1. The van der Waals surface area contributed by atoms with Gasteiger partial charge in [-0.25, -0.2) is 8.51 Å². The van der Waals surface area contributed by atoms with Crippen molar-refractivity contribution in [2.45, 2.75) is 30.3 Å². The van der Waals surface area contributed by atoms with Gasteiger partial charge in [-0.3, -0.25) is 14.7 Å². The van der Waals surface area contributed by atoms with Crippen molar-refractivity contribution in [3.63, 3.8) is 0 Å². The largest absolute Gasteiger partial charge is 0.449 e. The van der Waals surface area contributed by atoms with Crippen molar-refractivity contribution in [2.24, 2.45) is 0 Å². The van der Waals surface area contributed by atoms with Gasteiger partial charge in [0.25, 0.3) is 5.91 Å². The summed E-state index contributed by atoms with van der Waals surface area (Å²) < 4.78 is 26.1. The summed E-state index contributed by atoms with van der Waals surface area (Å²) in [5.74, 6) is -0.0168. The van der Waals surface area contributed by atoms with Crippen LogP contribution in [0.3, 0.4) is 0 Å². The molecule has 2 fully saturated rings. The second-order valence-electron chi connectivity index (χ2n) is 8.41. The first-order valence-corrected chi connectivity index (χ1v) is 12.5. The fourth-order valence-corrected chi connectivity index (χ4v) is 5.59. The van der Waals surface area contributed by atoms with E-state index in [-0.39, 0.29) is 11.7 Å². The van der Waals surface area contributed by atoms with E-state index in [0.29, 0.717) is 18.2 Å². The van der Waals surface area contributed by atoms with Crippen LogP contribution in [0.1, 0.15) is 29.0 Å². The molecule has 33 heavy (non-hydrogen) atoms. The van der Waals surface area contributed by atoms with Gasteiger partial charge in [0.15, 0.2) is 11.3 Å². The van der Waals surface area contributed by atoms with E-state index in [1.54, 1.807) is 24.5 Å². The van der Waals surface area contributed by atoms with E-state index in [1.807, 2.05) is 28.6 Å². The lowest BCUT2D eigenvalue weighted by Crippen LogP contribution is -2.51. The van der Waals surface area contributed by atoms with Crippen LogP contribution in [0, 0.1) is 0 Å². The van der Waals surface area contributed by atoms with Crippen LogP contribution < -0.4 is 5.32 Å². The van der Waals surface area contributed by atoms with E-state index in [2.05, 4.69) is 15.2 Å². The number of rotatable bonds is 6. The van der Waals surface area contributed by atoms with Gasteiger partial charge in [0.1, 0.15) is 11.0 Å². The summed E-state index contributed by atoms with van der Waals surface area (Å²) in [6, 6.07) is 11.7. The van der Waals surface area contributed by atoms with Crippen LogP contribution in [0.5, 0.6) is 0 Å². The molecule has 1 unspecified atom stereocenters. The minimum atomic E-state index is -1.18. The normalized spacial score (nSPS) is 19.5. The molecule has 1 atom stereocenters. The highest BCUT2D eigenvalue weighted by Crippen LogP contribution is 2.20. The number of carbonyl (C=O) groups is 1. The van der Waals surface area contributed by atoms with Crippen molar-refractivity contribution in [1.29, 1.82) is 0 Å². The number of furan rings is 1. The number of hydrogen-bond acceptors (Lipinski definition) is 6. The van der Waals surface area contributed by atoms with Crippen LogP contribution in [0.25, 0.3) is 11.0 Å². The zero-order valence-corrected chi connectivity index (χ0v) is 19.3. The molecule has 3 aromatic rings. The molecule has 0 radical (unpaired) electrons. The summed E-state index contributed by atoms with van der Waals surface area (Å²) in [5.41, 5.74) is 1.52. The van der Waals surface area contributed by atoms with Crippen molar-refractivity contribution in [2.75, 3.05) is 39.4 Å². The van der Waals surface area contributed by atoms with Crippen molar-refractivity contribution < 1.29 is 18.2 Å². The number of benzene rings is 1.